The van der Waals surface area contributed by atoms with E-state index >= 15 is 0 Å². The summed E-state index contributed by atoms with van der Waals surface area (Å²) in [5.74, 6) is 1.61. The van der Waals surface area contributed by atoms with Gasteiger partial charge in [0.25, 0.3) is 5.91 Å². The van der Waals surface area contributed by atoms with Crippen molar-refractivity contribution in [2.24, 2.45) is 5.92 Å². The zero-order chi connectivity index (χ0) is 18.0. The Morgan fingerprint density at radius 1 is 1.04 bits per heavy atom. The summed E-state index contributed by atoms with van der Waals surface area (Å²) in [5.41, 5.74) is 0.624. The van der Waals surface area contributed by atoms with E-state index in [1.165, 1.54) is 0 Å². The van der Waals surface area contributed by atoms with E-state index < -0.39 is 0 Å². The van der Waals surface area contributed by atoms with Crippen molar-refractivity contribution in [2.45, 2.75) is 52.1 Å². The second-order valence-electron chi connectivity index (χ2n) is 7.30. The van der Waals surface area contributed by atoms with Gasteiger partial charge in [0.2, 0.25) is 5.91 Å². The van der Waals surface area contributed by atoms with E-state index in [9.17, 15) is 14.7 Å². The highest BCUT2D eigenvalue weighted by molar-refractivity contribution is 5.95. The summed E-state index contributed by atoms with van der Waals surface area (Å²) in [7, 11) is 0. The van der Waals surface area contributed by atoms with Crippen LogP contribution >= 0.6 is 0 Å². The fourth-order valence-corrected chi connectivity index (χ4v) is 3.94. The molecule has 2 heterocycles. The van der Waals surface area contributed by atoms with E-state index in [1.54, 1.807) is 6.07 Å². The monoisotopic (exact) mass is 348 g/mol. The Morgan fingerprint density at radius 2 is 1.68 bits per heavy atom. The van der Waals surface area contributed by atoms with E-state index in [2.05, 4.69) is 0 Å². The van der Waals surface area contributed by atoms with Crippen LogP contribution in [-0.2, 0) is 4.79 Å². The van der Waals surface area contributed by atoms with Crippen LogP contribution in [0.4, 0.5) is 0 Å². The molecular formula is C19H28N2O4. The van der Waals surface area contributed by atoms with Gasteiger partial charge in [0.05, 0.1) is 11.7 Å². The maximum Gasteiger partial charge on any atom is 0.257 e. The van der Waals surface area contributed by atoms with Crippen molar-refractivity contribution in [2.75, 3.05) is 26.2 Å². The van der Waals surface area contributed by atoms with Crippen LogP contribution in [-0.4, -0.2) is 59.0 Å². The highest BCUT2D eigenvalue weighted by atomic mass is 16.3. The molecule has 25 heavy (non-hydrogen) atoms. The number of furan rings is 1. The standard InChI is InChI=1S/C19H28N2O4/c1-13-12-17(14(2)25-13)19(24)21-9-3-8-20(10-11-21)18(23)15-4-6-16(22)7-5-15/h12,15-16,22H,3-11H2,1-2H3. The molecule has 0 bridgehead atoms. The topological polar surface area (TPSA) is 74.0 Å². The van der Waals surface area contributed by atoms with Gasteiger partial charge in [-0.1, -0.05) is 0 Å². The molecule has 6 nitrogen and oxygen atoms in total. The molecule has 1 aromatic rings. The van der Waals surface area contributed by atoms with Crippen LogP contribution in [0.3, 0.4) is 0 Å². The maximum absolute atomic E-state index is 12.7. The average molecular weight is 348 g/mol. The fourth-order valence-electron chi connectivity index (χ4n) is 3.94. The minimum atomic E-state index is -0.247. The zero-order valence-electron chi connectivity index (χ0n) is 15.2. The second kappa shape index (κ2) is 7.60. The molecule has 1 N–H and O–H groups in total. The van der Waals surface area contributed by atoms with E-state index in [0.717, 1.165) is 25.0 Å². The molecule has 0 radical (unpaired) electrons. The molecule has 1 aliphatic carbocycles. The molecule has 3 rings (SSSR count). The Morgan fingerprint density at radius 3 is 2.32 bits per heavy atom. The molecule has 2 aliphatic rings. The molecular weight excluding hydrogens is 320 g/mol. The SMILES string of the molecule is Cc1cc(C(=O)N2CCCN(C(=O)C3CCC(O)CC3)CC2)c(C)o1. The number of aliphatic hydroxyl groups is 1. The molecule has 0 aromatic carbocycles. The first-order chi connectivity index (χ1) is 12.0. The summed E-state index contributed by atoms with van der Waals surface area (Å²) in [4.78, 5) is 29.2. The van der Waals surface area contributed by atoms with Crippen LogP contribution in [0.15, 0.2) is 10.5 Å². The van der Waals surface area contributed by atoms with Gasteiger partial charge in [-0.3, -0.25) is 9.59 Å². The van der Waals surface area contributed by atoms with E-state index in [0.29, 0.717) is 50.3 Å². The first-order valence-electron chi connectivity index (χ1n) is 9.29. The van der Waals surface area contributed by atoms with Crippen LogP contribution in [0.1, 0.15) is 54.0 Å². The normalized spacial score (nSPS) is 24.9. The van der Waals surface area contributed by atoms with Crippen molar-refractivity contribution < 1.29 is 19.1 Å². The lowest BCUT2D eigenvalue weighted by molar-refractivity contribution is -0.137. The predicted molar refractivity (Wildman–Crippen MR) is 93.2 cm³/mol. The third kappa shape index (κ3) is 4.06. The Labute approximate surface area is 148 Å². The van der Waals surface area contributed by atoms with Crippen molar-refractivity contribution in [3.63, 3.8) is 0 Å². The van der Waals surface area contributed by atoms with Crippen LogP contribution in [0, 0.1) is 19.8 Å². The van der Waals surface area contributed by atoms with Gasteiger partial charge in [-0.25, -0.2) is 0 Å². The first kappa shape index (κ1) is 18.0. The summed E-state index contributed by atoms with van der Waals surface area (Å²) < 4.78 is 5.47. The lowest BCUT2D eigenvalue weighted by atomic mass is 9.86. The third-order valence-electron chi connectivity index (χ3n) is 5.41. The number of hydrogen-bond acceptors (Lipinski definition) is 4. The Kier molecular flexibility index (Phi) is 5.47. The van der Waals surface area contributed by atoms with Crippen molar-refractivity contribution in [1.29, 1.82) is 0 Å². The molecule has 1 saturated carbocycles. The Balaban J connectivity index is 1.59. The fraction of sp³-hybridized carbons (Fsp3) is 0.684. The van der Waals surface area contributed by atoms with Gasteiger partial charge in [-0.15, -0.1) is 0 Å². The number of aryl methyl sites for hydroxylation is 2. The van der Waals surface area contributed by atoms with Crippen LogP contribution < -0.4 is 0 Å². The lowest BCUT2D eigenvalue weighted by Gasteiger charge is -2.30. The highest BCUT2D eigenvalue weighted by Crippen LogP contribution is 2.26. The predicted octanol–water partition coefficient (Wildman–Crippen LogP) is 2.12. The summed E-state index contributed by atoms with van der Waals surface area (Å²) in [6.45, 7) is 6.16. The highest BCUT2D eigenvalue weighted by Gasteiger charge is 2.31. The van der Waals surface area contributed by atoms with Gasteiger partial charge in [0, 0.05) is 32.1 Å². The molecule has 0 unspecified atom stereocenters. The Bertz CT molecular complexity index is 631. The van der Waals surface area contributed by atoms with Crippen molar-refractivity contribution in [3.05, 3.63) is 23.2 Å². The quantitative estimate of drug-likeness (QED) is 0.888. The van der Waals surface area contributed by atoms with Gasteiger partial charge >= 0.3 is 0 Å². The smallest absolute Gasteiger partial charge is 0.257 e. The van der Waals surface area contributed by atoms with E-state index in [-0.39, 0.29) is 23.8 Å². The molecule has 1 aromatic heterocycles. The summed E-state index contributed by atoms with van der Waals surface area (Å²) >= 11 is 0. The van der Waals surface area contributed by atoms with Gasteiger partial charge in [-0.2, -0.15) is 0 Å². The number of carbonyl (C=O) groups excluding carboxylic acids is 2. The largest absolute Gasteiger partial charge is 0.466 e. The molecule has 1 saturated heterocycles. The second-order valence-corrected chi connectivity index (χ2v) is 7.30. The van der Waals surface area contributed by atoms with Gasteiger partial charge in [0.1, 0.15) is 11.5 Å². The number of nitrogens with zero attached hydrogens (tertiary/aromatic N) is 2. The summed E-state index contributed by atoms with van der Waals surface area (Å²) in [6, 6.07) is 1.79. The van der Waals surface area contributed by atoms with Gasteiger partial charge in [-0.05, 0) is 52.0 Å². The number of carbonyl (C=O) groups is 2. The minimum Gasteiger partial charge on any atom is -0.466 e. The summed E-state index contributed by atoms with van der Waals surface area (Å²) in [5, 5.41) is 9.62. The van der Waals surface area contributed by atoms with Crippen LogP contribution in [0.2, 0.25) is 0 Å². The van der Waals surface area contributed by atoms with E-state index in [4.69, 9.17) is 4.42 Å². The number of rotatable bonds is 2. The van der Waals surface area contributed by atoms with Crippen LogP contribution in [0.25, 0.3) is 0 Å². The number of amides is 2. The lowest BCUT2D eigenvalue weighted by Crippen LogP contribution is -2.41. The van der Waals surface area contributed by atoms with Crippen molar-refractivity contribution in [3.8, 4) is 0 Å². The van der Waals surface area contributed by atoms with E-state index in [1.807, 2.05) is 23.6 Å². The molecule has 2 fully saturated rings. The Hall–Kier alpha value is -1.82. The zero-order valence-corrected chi connectivity index (χ0v) is 15.2. The molecule has 138 valence electrons. The third-order valence-corrected chi connectivity index (χ3v) is 5.41. The maximum atomic E-state index is 12.7. The van der Waals surface area contributed by atoms with Gasteiger partial charge < -0.3 is 19.3 Å². The number of hydrogen-bond donors (Lipinski definition) is 1. The minimum absolute atomic E-state index is 0.00978. The van der Waals surface area contributed by atoms with Crippen LogP contribution in [0.5, 0.6) is 0 Å². The van der Waals surface area contributed by atoms with Gasteiger partial charge in [0.15, 0.2) is 0 Å². The number of aliphatic hydroxyl groups excluding tert-OH is 1. The molecule has 1 aliphatic heterocycles. The average Bonchev–Trinajstić information content (AvgIpc) is 2.80. The summed E-state index contributed by atoms with van der Waals surface area (Å²) in [6.07, 6.45) is 3.52. The molecule has 2 amide bonds. The molecule has 6 heteroatoms. The molecule has 0 atom stereocenters. The van der Waals surface area contributed by atoms with Crippen molar-refractivity contribution >= 4 is 11.8 Å². The first-order valence-corrected chi connectivity index (χ1v) is 9.29. The van der Waals surface area contributed by atoms with Crippen molar-refractivity contribution in [1.82, 2.24) is 9.80 Å². The molecule has 0 spiro atoms.